The Labute approximate surface area is 125 Å². The first kappa shape index (κ1) is 17.5. The number of nitrogens with zero attached hydrogens (tertiary/aromatic N) is 1. The van der Waals surface area contributed by atoms with Crippen LogP contribution in [0.15, 0.2) is 0 Å². The van der Waals surface area contributed by atoms with Crippen molar-refractivity contribution in [2.45, 2.75) is 64.5 Å². The van der Waals surface area contributed by atoms with Crippen LogP contribution in [0.5, 0.6) is 0 Å². The fourth-order valence-electron chi connectivity index (χ4n) is 3.19. The molecule has 6 nitrogen and oxygen atoms in total. The van der Waals surface area contributed by atoms with Gasteiger partial charge in [0.25, 0.3) is 0 Å². The molecule has 21 heavy (non-hydrogen) atoms. The molecular formula is C15H26N2O4. The molecule has 0 heterocycles. The number of aliphatic carboxylic acids is 1. The van der Waals surface area contributed by atoms with E-state index in [0.29, 0.717) is 19.4 Å². The molecule has 6 heteroatoms. The van der Waals surface area contributed by atoms with Crippen LogP contribution in [0.3, 0.4) is 0 Å². The van der Waals surface area contributed by atoms with Crippen LogP contribution in [-0.2, 0) is 14.4 Å². The van der Waals surface area contributed by atoms with Gasteiger partial charge in [-0.25, -0.2) is 4.79 Å². The van der Waals surface area contributed by atoms with Crippen LogP contribution < -0.4 is 5.32 Å². The lowest BCUT2D eigenvalue weighted by Crippen LogP contribution is -2.55. The van der Waals surface area contributed by atoms with Gasteiger partial charge in [-0.15, -0.1) is 0 Å². The van der Waals surface area contributed by atoms with Crippen molar-refractivity contribution < 1.29 is 19.5 Å². The van der Waals surface area contributed by atoms with E-state index < -0.39 is 18.1 Å². The molecule has 0 aliphatic heterocycles. The van der Waals surface area contributed by atoms with Crippen LogP contribution in [0.4, 0.5) is 0 Å². The van der Waals surface area contributed by atoms with Gasteiger partial charge in [0.05, 0.1) is 0 Å². The second-order valence-electron chi connectivity index (χ2n) is 5.55. The molecule has 1 aliphatic rings. The third-order valence-corrected chi connectivity index (χ3v) is 4.31. The van der Waals surface area contributed by atoms with E-state index in [-0.39, 0.29) is 11.8 Å². The Hall–Kier alpha value is -1.59. The predicted octanol–water partition coefficient (Wildman–Crippen LogP) is 1.39. The van der Waals surface area contributed by atoms with E-state index in [4.69, 9.17) is 0 Å². The van der Waals surface area contributed by atoms with Gasteiger partial charge in [-0.05, 0) is 32.1 Å². The van der Waals surface area contributed by atoms with Crippen molar-refractivity contribution in [2.24, 2.45) is 5.92 Å². The zero-order valence-electron chi connectivity index (χ0n) is 12.9. The first-order valence-electron chi connectivity index (χ1n) is 7.79. The van der Waals surface area contributed by atoms with Crippen LogP contribution in [-0.4, -0.2) is 46.9 Å². The quantitative estimate of drug-likeness (QED) is 0.663. The molecule has 0 aromatic rings. The summed E-state index contributed by atoms with van der Waals surface area (Å²) >= 11 is 0. The molecule has 1 aliphatic carbocycles. The number of carbonyl (C=O) groups excluding carboxylic acids is 2. The van der Waals surface area contributed by atoms with Crippen LogP contribution >= 0.6 is 0 Å². The highest BCUT2D eigenvalue weighted by Gasteiger charge is 2.36. The van der Waals surface area contributed by atoms with Crippen molar-refractivity contribution in [1.82, 2.24) is 10.2 Å². The third-order valence-electron chi connectivity index (χ3n) is 4.31. The number of carboxylic acids is 1. The average molecular weight is 298 g/mol. The number of nitrogens with one attached hydrogen (secondary N) is 1. The summed E-state index contributed by atoms with van der Waals surface area (Å²) in [6.45, 7) is 3.84. The molecule has 0 aromatic heterocycles. The third kappa shape index (κ3) is 4.44. The van der Waals surface area contributed by atoms with E-state index in [2.05, 4.69) is 5.32 Å². The van der Waals surface area contributed by atoms with E-state index in [0.717, 1.165) is 32.1 Å². The van der Waals surface area contributed by atoms with Crippen molar-refractivity contribution >= 4 is 18.3 Å². The van der Waals surface area contributed by atoms with E-state index in [1.807, 2.05) is 0 Å². The number of hydrogen-bond acceptors (Lipinski definition) is 3. The molecular weight excluding hydrogens is 272 g/mol. The highest BCUT2D eigenvalue weighted by Crippen LogP contribution is 2.27. The summed E-state index contributed by atoms with van der Waals surface area (Å²) in [6.07, 6.45) is 5.97. The van der Waals surface area contributed by atoms with Gasteiger partial charge in [0.1, 0.15) is 12.1 Å². The van der Waals surface area contributed by atoms with Gasteiger partial charge in [-0.2, -0.15) is 0 Å². The lowest BCUT2D eigenvalue weighted by atomic mass is 9.83. The molecule has 2 amide bonds. The van der Waals surface area contributed by atoms with E-state index in [1.165, 1.54) is 4.90 Å². The molecule has 120 valence electrons. The van der Waals surface area contributed by atoms with Gasteiger partial charge >= 0.3 is 5.97 Å². The largest absolute Gasteiger partial charge is 0.480 e. The molecule has 2 N–H and O–H groups in total. The molecule has 1 rings (SSSR count). The molecule has 1 saturated carbocycles. The fourth-order valence-corrected chi connectivity index (χ4v) is 3.19. The van der Waals surface area contributed by atoms with Crippen molar-refractivity contribution in [3.63, 3.8) is 0 Å². The maximum atomic E-state index is 12.7. The van der Waals surface area contributed by atoms with Crippen molar-refractivity contribution in [3.05, 3.63) is 0 Å². The van der Waals surface area contributed by atoms with Gasteiger partial charge in [0, 0.05) is 6.54 Å². The number of rotatable bonds is 8. The van der Waals surface area contributed by atoms with E-state index >= 15 is 0 Å². The minimum Gasteiger partial charge on any atom is -0.480 e. The minimum absolute atomic E-state index is 0.108. The molecule has 0 spiro atoms. The second kappa shape index (κ2) is 8.64. The number of carboxylic acid groups (broad SMARTS) is 1. The standard InChI is InChI=1S/C15H26N2O4/c1-3-12(15(20)21)17(4-2)14(19)13(16-10-18)11-8-6-5-7-9-11/h10-13H,3-9H2,1-2H3,(H,16,18)(H,20,21)/t12-,13-/m0/s1. The topological polar surface area (TPSA) is 86.7 Å². The Morgan fingerprint density at radius 2 is 1.90 bits per heavy atom. The summed E-state index contributed by atoms with van der Waals surface area (Å²) in [6, 6.07) is -1.43. The summed E-state index contributed by atoms with van der Waals surface area (Å²) in [7, 11) is 0. The number of likely N-dealkylation sites (N-methyl/N-ethyl adjacent to an activating group) is 1. The zero-order chi connectivity index (χ0) is 15.8. The van der Waals surface area contributed by atoms with Crippen LogP contribution in [0, 0.1) is 5.92 Å². The fraction of sp³-hybridized carbons (Fsp3) is 0.800. The number of hydrogen-bond donors (Lipinski definition) is 2. The van der Waals surface area contributed by atoms with Crippen molar-refractivity contribution in [2.75, 3.05) is 6.54 Å². The summed E-state index contributed by atoms with van der Waals surface area (Å²) in [5.41, 5.74) is 0. The molecule has 0 radical (unpaired) electrons. The van der Waals surface area contributed by atoms with Crippen LogP contribution in [0.1, 0.15) is 52.4 Å². The maximum absolute atomic E-state index is 12.7. The maximum Gasteiger partial charge on any atom is 0.326 e. The van der Waals surface area contributed by atoms with Crippen molar-refractivity contribution in [1.29, 1.82) is 0 Å². The summed E-state index contributed by atoms with van der Waals surface area (Å²) in [5, 5.41) is 11.9. The Bertz CT molecular complexity index is 367. The SMILES string of the molecule is CC[C@@H](C(=O)O)N(CC)C(=O)[C@@H](NC=O)C1CCCCC1. The number of carbonyl (C=O) groups is 3. The smallest absolute Gasteiger partial charge is 0.326 e. The van der Waals surface area contributed by atoms with Crippen molar-refractivity contribution in [3.8, 4) is 0 Å². The Balaban J connectivity index is 2.90. The van der Waals surface area contributed by atoms with Gasteiger partial charge in [0.2, 0.25) is 12.3 Å². The lowest BCUT2D eigenvalue weighted by Gasteiger charge is -2.35. The lowest BCUT2D eigenvalue weighted by molar-refractivity contribution is -0.152. The highest BCUT2D eigenvalue weighted by atomic mass is 16.4. The second-order valence-corrected chi connectivity index (χ2v) is 5.55. The molecule has 1 fully saturated rings. The molecule has 0 unspecified atom stereocenters. The van der Waals surface area contributed by atoms with Gasteiger partial charge in [-0.1, -0.05) is 26.2 Å². The average Bonchev–Trinajstić information content (AvgIpc) is 2.49. The molecule has 0 aromatic carbocycles. The first-order valence-corrected chi connectivity index (χ1v) is 7.79. The van der Waals surface area contributed by atoms with Crippen LogP contribution in [0.25, 0.3) is 0 Å². The summed E-state index contributed by atoms with van der Waals surface area (Å²) in [5.74, 6) is -1.16. The van der Waals surface area contributed by atoms with Crippen LogP contribution in [0.2, 0.25) is 0 Å². The van der Waals surface area contributed by atoms with Gasteiger partial charge < -0.3 is 15.3 Å². The van der Waals surface area contributed by atoms with Gasteiger partial charge in [-0.3, -0.25) is 9.59 Å². The van der Waals surface area contributed by atoms with Gasteiger partial charge in [0.15, 0.2) is 0 Å². The number of amides is 2. The zero-order valence-corrected chi connectivity index (χ0v) is 12.9. The monoisotopic (exact) mass is 298 g/mol. The first-order chi connectivity index (χ1) is 10.1. The Morgan fingerprint density at radius 3 is 2.33 bits per heavy atom. The Kier molecular flexibility index (Phi) is 7.19. The summed E-state index contributed by atoms with van der Waals surface area (Å²) in [4.78, 5) is 36.2. The van der Waals surface area contributed by atoms with E-state index in [9.17, 15) is 19.5 Å². The minimum atomic E-state index is -0.999. The van der Waals surface area contributed by atoms with E-state index in [1.54, 1.807) is 13.8 Å². The normalized spacial score (nSPS) is 18.6. The highest BCUT2D eigenvalue weighted by molar-refractivity contribution is 5.88. The molecule has 2 atom stereocenters. The predicted molar refractivity (Wildman–Crippen MR) is 78.7 cm³/mol. The molecule has 0 saturated heterocycles. The molecule has 0 bridgehead atoms. The Morgan fingerprint density at radius 1 is 1.29 bits per heavy atom. The summed E-state index contributed by atoms with van der Waals surface area (Å²) < 4.78 is 0.